The van der Waals surface area contributed by atoms with Gasteiger partial charge in [0.05, 0.1) is 0 Å². The topological polar surface area (TPSA) is 78.9 Å². The second kappa shape index (κ2) is 5.47. The minimum atomic E-state index is -0.335. The minimum absolute atomic E-state index is 0.0772. The van der Waals surface area contributed by atoms with Crippen LogP contribution in [0.15, 0.2) is 0 Å². The van der Waals surface area contributed by atoms with Gasteiger partial charge < -0.3 is 16.0 Å². The molecule has 6 nitrogen and oxygen atoms in total. The zero-order valence-corrected chi connectivity index (χ0v) is 10.9. The summed E-state index contributed by atoms with van der Waals surface area (Å²) in [7, 11) is 3.42. The van der Waals surface area contributed by atoms with E-state index < -0.39 is 0 Å². The van der Waals surface area contributed by atoms with Crippen LogP contribution < -0.4 is 16.0 Å². The molecule has 6 heteroatoms. The molecule has 0 saturated carbocycles. The largest absolute Gasteiger partial charge is 0.373 e. The number of rotatable bonds is 4. The van der Waals surface area contributed by atoms with Crippen molar-refractivity contribution in [1.82, 2.24) is 15.3 Å². The van der Waals surface area contributed by atoms with Crippen molar-refractivity contribution in [3.63, 3.8) is 0 Å². The molecule has 0 radical (unpaired) electrons. The predicted octanol–water partition coefficient (Wildman–Crippen LogP) is 0.682. The minimum Gasteiger partial charge on any atom is -0.373 e. The molecule has 1 aromatic rings. The normalized spacial score (nSPS) is 11.8. The Morgan fingerprint density at radius 3 is 2.29 bits per heavy atom. The van der Waals surface area contributed by atoms with Crippen LogP contribution in [0.3, 0.4) is 0 Å². The van der Waals surface area contributed by atoms with Gasteiger partial charge >= 0.3 is 0 Å². The lowest BCUT2D eigenvalue weighted by Crippen LogP contribution is -2.35. The SMILES string of the molecule is CNC(=O)C(C)Nc1nc(C)nc(NC)c1C. The molecule has 0 aromatic carbocycles. The summed E-state index contributed by atoms with van der Waals surface area (Å²) in [6.07, 6.45) is 0. The summed E-state index contributed by atoms with van der Waals surface area (Å²) in [5, 5.41) is 8.66. The number of aryl methyl sites for hydroxylation is 1. The van der Waals surface area contributed by atoms with Crippen molar-refractivity contribution >= 4 is 17.5 Å². The van der Waals surface area contributed by atoms with Crippen LogP contribution >= 0.6 is 0 Å². The molecular formula is C11H19N5O. The molecule has 94 valence electrons. The summed E-state index contributed by atoms with van der Waals surface area (Å²) in [6, 6.07) is -0.335. The van der Waals surface area contributed by atoms with Gasteiger partial charge in [0.1, 0.15) is 23.5 Å². The van der Waals surface area contributed by atoms with Gasteiger partial charge in [0.2, 0.25) is 5.91 Å². The van der Waals surface area contributed by atoms with Crippen molar-refractivity contribution in [1.29, 1.82) is 0 Å². The molecule has 0 bridgehead atoms. The number of carbonyl (C=O) groups is 1. The Kier molecular flexibility index (Phi) is 4.25. The van der Waals surface area contributed by atoms with Gasteiger partial charge in [0.25, 0.3) is 0 Å². The van der Waals surface area contributed by atoms with E-state index >= 15 is 0 Å². The van der Waals surface area contributed by atoms with Crippen molar-refractivity contribution in [2.45, 2.75) is 26.8 Å². The first-order chi connectivity index (χ1) is 7.99. The molecule has 0 spiro atoms. The predicted molar refractivity (Wildman–Crippen MR) is 68.2 cm³/mol. The van der Waals surface area contributed by atoms with Crippen molar-refractivity contribution in [3.05, 3.63) is 11.4 Å². The maximum atomic E-state index is 11.4. The number of hydrogen-bond acceptors (Lipinski definition) is 5. The highest BCUT2D eigenvalue weighted by Crippen LogP contribution is 2.19. The van der Waals surface area contributed by atoms with Crippen molar-refractivity contribution in [2.24, 2.45) is 0 Å². The molecule has 17 heavy (non-hydrogen) atoms. The van der Waals surface area contributed by atoms with Gasteiger partial charge in [-0.2, -0.15) is 0 Å². The fourth-order valence-electron chi connectivity index (χ4n) is 1.50. The highest BCUT2D eigenvalue weighted by atomic mass is 16.2. The van der Waals surface area contributed by atoms with E-state index in [1.807, 2.05) is 13.8 Å². The van der Waals surface area contributed by atoms with E-state index in [-0.39, 0.29) is 11.9 Å². The lowest BCUT2D eigenvalue weighted by atomic mass is 10.2. The lowest BCUT2D eigenvalue weighted by Gasteiger charge is -2.16. The molecule has 0 saturated heterocycles. The van der Waals surface area contributed by atoms with Gasteiger partial charge in [-0.15, -0.1) is 0 Å². The van der Waals surface area contributed by atoms with Gasteiger partial charge in [-0.3, -0.25) is 4.79 Å². The van der Waals surface area contributed by atoms with E-state index in [2.05, 4.69) is 25.9 Å². The fraction of sp³-hybridized carbons (Fsp3) is 0.545. The van der Waals surface area contributed by atoms with Gasteiger partial charge in [-0.1, -0.05) is 0 Å². The van der Waals surface area contributed by atoms with E-state index in [0.29, 0.717) is 11.6 Å². The van der Waals surface area contributed by atoms with Crippen LogP contribution in [0.4, 0.5) is 11.6 Å². The molecule has 1 unspecified atom stereocenters. The van der Waals surface area contributed by atoms with E-state index in [4.69, 9.17) is 0 Å². The first-order valence-corrected chi connectivity index (χ1v) is 5.50. The number of amides is 1. The first kappa shape index (κ1) is 13.2. The van der Waals surface area contributed by atoms with Crippen LogP contribution in [-0.2, 0) is 4.79 Å². The molecule has 1 rings (SSSR count). The summed E-state index contributed by atoms with van der Waals surface area (Å²) in [5.41, 5.74) is 0.897. The van der Waals surface area contributed by atoms with Crippen molar-refractivity contribution in [2.75, 3.05) is 24.7 Å². The number of aromatic nitrogens is 2. The van der Waals surface area contributed by atoms with Gasteiger partial charge in [-0.25, -0.2) is 9.97 Å². The maximum Gasteiger partial charge on any atom is 0.241 e. The number of anilines is 2. The summed E-state index contributed by atoms with van der Waals surface area (Å²) in [6.45, 7) is 5.51. The Morgan fingerprint density at radius 2 is 1.76 bits per heavy atom. The van der Waals surface area contributed by atoms with E-state index in [9.17, 15) is 4.79 Å². The Labute approximate surface area is 101 Å². The van der Waals surface area contributed by atoms with Crippen LogP contribution in [0.25, 0.3) is 0 Å². The second-order valence-electron chi connectivity index (χ2n) is 3.82. The molecule has 0 aliphatic carbocycles. The molecule has 0 fully saturated rings. The Bertz CT molecular complexity index is 419. The number of nitrogens with zero attached hydrogens (tertiary/aromatic N) is 2. The van der Waals surface area contributed by atoms with E-state index in [1.54, 1.807) is 21.0 Å². The third kappa shape index (κ3) is 3.05. The smallest absolute Gasteiger partial charge is 0.241 e. The molecule has 1 amide bonds. The third-order valence-electron chi connectivity index (χ3n) is 2.49. The fourth-order valence-corrected chi connectivity index (χ4v) is 1.50. The zero-order chi connectivity index (χ0) is 13.0. The average Bonchev–Trinajstić information content (AvgIpc) is 2.31. The second-order valence-corrected chi connectivity index (χ2v) is 3.82. The van der Waals surface area contributed by atoms with Gasteiger partial charge in [-0.05, 0) is 20.8 Å². The average molecular weight is 237 g/mol. The highest BCUT2D eigenvalue weighted by molar-refractivity contribution is 5.84. The van der Waals surface area contributed by atoms with Crippen molar-refractivity contribution < 1.29 is 4.79 Å². The highest BCUT2D eigenvalue weighted by Gasteiger charge is 2.14. The number of nitrogens with one attached hydrogen (secondary N) is 3. The first-order valence-electron chi connectivity index (χ1n) is 5.50. The summed E-state index contributed by atoms with van der Waals surface area (Å²) in [4.78, 5) is 20.0. The standard InChI is InChI=1S/C11H19N5O/c1-6-9(12-4)15-8(3)16-10(6)14-7(2)11(17)13-5/h7H,1-5H3,(H,13,17)(H2,12,14,15,16). The van der Waals surface area contributed by atoms with Gasteiger partial charge in [0, 0.05) is 19.7 Å². The summed E-state index contributed by atoms with van der Waals surface area (Å²) >= 11 is 0. The molecule has 3 N–H and O–H groups in total. The monoisotopic (exact) mass is 237 g/mol. The van der Waals surface area contributed by atoms with Crippen LogP contribution in [0, 0.1) is 13.8 Å². The molecule has 1 heterocycles. The molecule has 1 atom stereocenters. The molecule has 1 aromatic heterocycles. The Morgan fingerprint density at radius 1 is 1.18 bits per heavy atom. The van der Waals surface area contributed by atoms with Crippen LogP contribution in [0.5, 0.6) is 0 Å². The Balaban J connectivity index is 2.98. The van der Waals surface area contributed by atoms with Crippen LogP contribution in [0.1, 0.15) is 18.3 Å². The Hall–Kier alpha value is -1.85. The molecular weight excluding hydrogens is 218 g/mol. The van der Waals surface area contributed by atoms with E-state index in [0.717, 1.165) is 11.4 Å². The third-order valence-corrected chi connectivity index (χ3v) is 2.49. The summed E-state index contributed by atoms with van der Waals surface area (Å²) in [5.74, 6) is 2.03. The van der Waals surface area contributed by atoms with Crippen molar-refractivity contribution in [3.8, 4) is 0 Å². The molecule has 0 aliphatic rings. The van der Waals surface area contributed by atoms with Crippen LogP contribution in [-0.4, -0.2) is 36.0 Å². The maximum absolute atomic E-state index is 11.4. The van der Waals surface area contributed by atoms with Crippen LogP contribution in [0.2, 0.25) is 0 Å². The quantitative estimate of drug-likeness (QED) is 0.717. The molecule has 0 aliphatic heterocycles. The zero-order valence-electron chi connectivity index (χ0n) is 10.9. The number of likely N-dealkylation sites (N-methyl/N-ethyl adjacent to an activating group) is 1. The van der Waals surface area contributed by atoms with Gasteiger partial charge in [0.15, 0.2) is 0 Å². The number of carbonyl (C=O) groups excluding carboxylic acids is 1. The summed E-state index contributed by atoms with van der Waals surface area (Å²) < 4.78 is 0. The lowest BCUT2D eigenvalue weighted by molar-refractivity contribution is -0.121. The van der Waals surface area contributed by atoms with E-state index in [1.165, 1.54) is 0 Å². The number of hydrogen-bond donors (Lipinski definition) is 3.